The number of phenolic OH excluding ortho intramolecular Hbond substituents is 5. The molecule has 0 heterocycles. The molecule has 0 aliphatic heterocycles. The van der Waals surface area contributed by atoms with Crippen LogP contribution in [0, 0.1) is 34.6 Å². The summed E-state index contributed by atoms with van der Waals surface area (Å²) in [5.41, 5.74) is 17.0. The molecule has 10 rings (SSSR count). The lowest BCUT2D eigenvalue weighted by Crippen LogP contribution is -2.36. The Hall–Kier alpha value is -5.40. The predicted molar refractivity (Wildman–Crippen MR) is 578 cm³/mol. The monoisotopic (exact) mass is 1910 g/mol. The molecule has 10 aromatic rings. The summed E-state index contributed by atoms with van der Waals surface area (Å²) in [4.78, 5) is 0. The summed E-state index contributed by atoms with van der Waals surface area (Å²) >= 11 is 0. The third-order valence-electron chi connectivity index (χ3n) is 20.1. The van der Waals surface area contributed by atoms with Gasteiger partial charge in [-0.2, -0.15) is 0 Å². The second-order valence-electron chi connectivity index (χ2n) is 41.7. The van der Waals surface area contributed by atoms with Gasteiger partial charge in [0.1, 0.15) is 28.7 Å². The second kappa shape index (κ2) is 51.0. The fourth-order valence-electron chi connectivity index (χ4n) is 12.8. The van der Waals surface area contributed by atoms with Crippen molar-refractivity contribution >= 4 is 158 Å². The highest BCUT2D eigenvalue weighted by atomic mass is 35.5. The number of aryl methyl sites for hydroxylation is 5. The molecule has 10 N–H and O–H groups in total. The number of benzene rings is 10. The van der Waals surface area contributed by atoms with Crippen molar-refractivity contribution in [3.63, 3.8) is 0 Å². The van der Waals surface area contributed by atoms with Gasteiger partial charge in [-0.05, 0) is 284 Å². The average Bonchev–Trinajstić information content (AvgIpc) is 0.795. The number of phenols is 5. The summed E-state index contributed by atoms with van der Waals surface area (Å²) < 4.78 is 0. The fourth-order valence-corrected chi connectivity index (χ4v) is 19.5. The first-order valence-corrected chi connectivity index (χ1v) is 47.9. The van der Waals surface area contributed by atoms with Crippen molar-refractivity contribution in [3.05, 3.63) is 266 Å². The molecule has 0 radical (unpaired) electrons. The predicted octanol–water partition coefficient (Wildman–Crippen LogP) is 23.4. The van der Waals surface area contributed by atoms with Gasteiger partial charge in [0, 0.05) is 98.1 Å². The molecule has 126 heavy (non-hydrogen) atoms. The van der Waals surface area contributed by atoms with Crippen molar-refractivity contribution < 1.29 is 25.5 Å². The zero-order valence-corrected chi connectivity index (χ0v) is 90.8. The Kier molecular flexibility index (Phi) is 48.0. The van der Waals surface area contributed by atoms with Crippen LogP contribution in [-0.4, -0.2) is 53.2 Å². The first kappa shape index (κ1) is 119. The van der Waals surface area contributed by atoms with Crippen molar-refractivity contribution in [2.75, 3.05) is 0 Å². The van der Waals surface area contributed by atoms with E-state index in [1.165, 1.54) is 82.2 Å². The maximum atomic E-state index is 11.1. The summed E-state index contributed by atoms with van der Waals surface area (Å²) in [5, 5.41) is 82.3. The van der Waals surface area contributed by atoms with Crippen LogP contribution in [0.5, 0.6) is 28.7 Å². The van der Waals surface area contributed by atoms with Crippen LogP contribution in [0.25, 0.3) is 0 Å². The van der Waals surface area contributed by atoms with Crippen LogP contribution in [-0.2, 0) is 54.4 Å². The summed E-state index contributed by atoms with van der Waals surface area (Å²) in [6.45, 7) is 73.4. The van der Waals surface area contributed by atoms with E-state index in [-0.39, 0.29) is 111 Å². The molecule has 0 saturated heterocycles. The first-order valence-electron chi connectivity index (χ1n) is 42.9. The Labute approximate surface area is 802 Å². The van der Waals surface area contributed by atoms with Crippen LogP contribution in [0.4, 0.5) is 0 Å². The summed E-state index contributed by atoms with van der Waals surface area (Å²) in [6, 6.07) is 65.4. The van der Waals surface area contributed by atoms with Gasteiger partial charge < -0.3 is 52.1 Å². The SMILES string of the molecule is CC(C)(C)NCc1ccccc1Pc1cc(C(C)(C)C)cc(C(C)(C)C)c1O.Cc1cc(C(C)(C)C)cc(Pc2ccccc2CNC(C)(C)C)c1O.Cc1cc(C)c(O)c(Pc2ccccc2CNC(C)(C)C)c1.Cc1cc(Pc2ccccc2CNC(C)(C)C)c(O)c(C(C)(C)C)c1.Cc1ccc(O)c(Pc2ccccc2CNC(C)(C)C)c1.Cl.Cl.Cl.Cl.Cl. The van der Waals surface area contributed by atoms with Crippen molar-refractivity contribution in [2.24, 2.45) is 0 Å². The molecule has 10 aromatic carbocycles. The maximum absolute atomic E-state index is 11.1. The highest BCUT2D eigenvalue weighted by molar-refractivity contribution is 7.57. The average molecular weight is 1910 g/mol. The van der Waals surface area contributed by atoms with Gasteiger partial charge in [0.05, 0.1) is 0 Å². The Morgan fingerprint density at radius 1 is 0.222 bits per heavy atom. The highest BCUT2D eigenvalue weighted by Gasteiger charge is 2.28. The minimum atomic E-state index is -0.0993. The third-order valence-corrected chi connectivity index (χ3v) is 27.1. The molecule has 0 spiro atoms. The summed E-state index contributed by atoms with van der Waals surface area (Å²) in [6.07, 6.45) is 0. The zero-order valence-electron chi connectivity index (χ0n) is 81.7. The molecule has 0 amide bonds. The zero-order chi connectivity index (χ0) is 90.8. The molecular weight excluding hydrogens is 1760 g/mol. The van der Waals surface area contributed by atoms with Crippen molar-refractivity contribution in [1.29, 1.82) is 0 Å². The highest BCUT2D eigenvalue weighted by Crippen LogP contribution is 2.39. The van der Waals surface area contributed by atoms with Gasteiger partial charge in [-0.1, -0.05) is 283 Å². The second-order valence-corrected chi connectivity index (χ2v) is 48.4. The number of hydrogen-bond acceptors (Lipinski definition) is 10. The van der Waals surface area contributed by atoms with E-state index in [1.54, 1.807) is 6.07 Å². The molecular formula is C106H157Cl5N5O5P5. The fraction of sp³-hybridized carbons (Fsp3) is 0.434. The van der Waals surface area contributed by atoms with E-state index in [9.17, 15) is 25.5 Å². The smallest absolute Gasteiger partial charge is 0.127 e. The van der Waals surface area contributed by atoms with Crippen molar-refractivity contribution in [1.82, 2.24) is 26.6 Å². The van der Waals surface area contributed by atoms with Gasteiger partial charge >= 0.3 is 0 Å². The van der Waals surface area contributed by atoms with E-state index in [0.717, 1.165) is 81.5 Å². The van der Waals surface area contributed by atoms with Crippen LogP contribution < -0.4 is 79.6 Å². The van der Waals surface area contributed by atoms with Crippen molar-refractivity contribution in [2.45, 2.75) is 304 Å². The summed E-state index contributed by atoms with van der Waals surface area (Å²) in [5.74, 6) is 2.16. The first-order chi connectivity index (χ1) is 55.7. The molecule has 10 nitrogen and oxygen atoms in total. The van der Waals surface area contributed by atoms with Gasteiger partial charge in [-0.15, -0.1) is 62.0 Å². The van der Waals surface area contributed by atoms with E-state index < -0.39 is 0 Å². The minimum Gasteiger partial charge on any atom is -0.507 e. The lowest BCUT2D eigenvalue weighted by atomic mass is 9.80. The number of halogens is 5. The van der Waals surface area contributed by atoms with Gasteiger partial charge in [-0.25, -0.2) is 0 Å². The molecule has 696 valence electrons. The molecule has 20 heteroatoms. The largest absolute Gasteiger partial charge is 0.507 e. The molecule has 0 fully saturated rings. The lowest BCUT2D eigenvalue weighted by molar-refractivity contribution is 0.424. The number of rotatable bonds is 20. The Morgan fingerprint density at radius 2 is 0.452 bits per heavy atom. The van der Waals surface area contributed by atoms with E-state index in [1.807, 2.05) is 26.0 Å². The van der Waals surface area contributed by atoms with Gasteiger partial charge in [0.15, 0.2) is 0 Å². The Bertz CT molecular complexity index is 4990. The van der Waals surface area contributed by atoms with Gasteiger partial charge in [0.2, 0.25) is 0 Å². The number of hydrogen-bond donors (Lipinski definition) is 10. The molecule has 5 atom stereocenters. The Morgan fingerprint density at radius 3 is 0.738 bits per heavy atom. The number of aromatic hydroxyl groups is 5. The van der Waals surface area contributed by atoms with Crippen molar-refractivity contribution in [3.8, 4) is 28.7 Å². The Balaban J connectivity index is 0.000000782. The summed E-state index contributed by atoms with van der Waals surface area (Å²) in [7, 11) is 2.27. The maximum Gasteiger partial charge on any atom is 0.127 e. The van der Waals surface area contributed by atoms with E-state index in [4.69, 9.17) is 0 Å². The standard InChI is InChI=1S/C25H38NOP.2C22H32NOP.C19H26NOP.C18H24NOP.5ClH/c1-23(2,3)18-14-19(24(4,5)6)22(27)21(15-18)28-20-13-11-10-12-17(20)16-26-25(7,8)9;1-15-12-17(21(2,3)4)13-19(20(15)24)25-18-11-9-8-10-16(18)14-23-22(5,6)7;1-15-12-17(21(2,3)4)20(24)19(13-15)25-18-11-9-8-10-16(18)14-23-22(5,6)7;1-13-10-14(2)18(21)17(11-13)22-16-9-7-6-8-15(16)12-20-19(3,4)5;1-13-9-10-15(20)17(11-13)21-16-8-6-5-7-14(16)12-19-18(2,3)4;;;;;/h10-15,26-28H,16H2,1-9H3;2*8-13,23-25H,14H2,1-7H3;6-11,20-22H,12H2,1-5H3;5-11,19-21H,12H2,1-4H3;5*1H. The van der Waals surface area contributed by atoms with E-state index in [0.29, 0.717) is 71.7 Å². The van der Waals surface area contributed by atoms with E-state index in [2.05, 4.69) is 404 Å². The van der Waals surface area contributed by atoms with Crippen LogP contribution in [0.3, 0.4) is 0 Å². The topological polar surface area (TPSA) is 161 Å². The van der Waals surface area contributed by atoms with Crippen LogP contribution >= 0.6 is 105 Å². The normalized spacial score (nSPS) is 12.3. The molecule has 0 aliphatic rings. The molecule has 0 aliphatic carbocycles. The van der Waals surface area contributed by atoms with Gasteiger partial charge in [-0.3, -0.25) is 0 Å². The molecule has 0 saturated carbocycles. The molecule has 0 aromatic heterocycles. The van der Waals surface area contributed by atoms with Crippen LogP contribution in [0.2, 0.25) is 0 Å². The molecule has 5 unspecified atom stereocenters. The number of nitrogens with one attached hydrogen (secondary N) is 5. The quantitative estimate of drug-likeness (QED) is 0.0333. The van der Waals surface area contributed by atoms with Crippen LogP contribution in [0.1, 0.15) is 265 Å². The van der Waals surface area contributed by atoms with Crippen LogP contribution in [0.15, 0.2) is 188 Å². The molecule has 0 bridgehead atoms. The van der Waals surface area contributed by atoms with Gasteiger partial charge in [0.25, 0.3) is 0 Å². The minimum absolute atomic E-state index is 0. The van der Waals surface area contributed by atoms with E-state index >= 15 is 0 Å². The lowest BCUT2D eigenvalue weighted by Gasteiger charge is -2.28. The third kappa shape index (κ3) is 40.8.